The summed E-state index contributed by atoms with van der Waals surface area (Å²) >= 11 is 0. The van der Waals surface area contributed by atoms with Crippen LogP contribution in [0.3, 0.4) is 0 Å². The Morgan fingerprint density at radius 1 is 1.21 bits per heavy atom. The first-order chi connectivity index (χ1) is 11.4. The lowest BCUT2D eigenvalue weighted by molar-refractivity contribution is -0.385. The van der Waals surface area contributed by atoms with Gasteiger partial charge in [0, 0.05) is 13.1 Å². The number of rotatable bonds is 6. The number of benzene rings is 2. The summed E-state index contributed by atoms with van der Waals surface area (Å²) in [5.74, 6) is -1.36. The predicted molar refractivity (Wildman–Crippen MR) is 88.1 cm³/mol. The van der Waals surface area contributed by atoms with Crippen LogP contribution in [0.5, 0.6) is 0 Å². The van der Waals surface area contributed by atoms with Crippen LogP contribution < -0.4 is 5.32 Å². The number of halogens is 1. The van der Waals surface area contributed by atoms with Crippen molar-refractivity contribution < 1.29 is 14.1 Å². The molecule has 0 bridgehead atoms. The van der Waals surface area contributed by atoms with E-state index in [0.29, 0.717) is 6.54 Å². The van der Waals surface area contributed by atoms with Gasteiger partial charge in [-0.25, -0.2) is 4.39 Å². The molecule has 7 heteroatoms. The van der Waals surface area contributed by atoms with Crippen molar-refractivity contribution in [3.8, 4) is 0 Å². The number of nitrogens with one attached hydrogen (secondary N) is 1. The van der Waals surface area contributed by atoms with Gasteiger partial charge in [0.25, 0.3) is 11.6 Å². The van der Waals surface area contributed by atoms with Crippen molar-refractivity contribution in [2.45, 2.75) is 13.1 Å². The summed E-state index contributed by atoms with van der Waals surface area (Å²) in [4.78, 5) is 24.5. The summed E-state index contributed by atoms with van der Waals surface area (Å²) in [5, 5.41) is 13.6. The lowest BCUT2D eigenvalue weighted by atomic mass is 10.1. The minimum Gasteiger partial charge on any atom is -0.348 e. The molecule has 0 atom stereocenters. The normalized spacial score (nSPS) is 10.7. The van der Waals surface area contributed by atoms with Crippen molar-refractivity contribution in [1.82, 2.24) is 10.2 Å². The number of nitro benzene ring substituents is 1. The fourth-order valence-corrected chi connectivity index (χ4v) is 2.34. The second kappa shape index (κ2) is 7.65. The molecule has 2 rings (SSSR count). The highest BCUT2D eigenvalue weighted by Gasteiger charge is 2.21. The van der Waals surface area contributed by atoms with Gasteiger partial charge in [-0.05, 0) is 37.4 Å². The third-order valence-electron chi connectivity index (χ3n) is 3.45. The fraction of sp³-hybridized carbons (Fsp3) is 0.235. The average Bonchev–Trinajstić information content (AvgIpc) is 2.53. The highest BCUT2D eigenvalue weighted by Crippen LogP contribution is 2.20. The first kappa shape index (κ1) is 17.6. The van der Waals surface area contributed by atoms with Crippen molar-refractivity contribution in [3.05, 3.63) is 75.1 Å². The molecule has 0 aromatic heterocycles. The van der Waals surface area contributed by atoms with Crippen LogP contribution in [0.1, 0.15) is 21.5 Å². The quantitative estimate of drug-likeness (QED) is 0.652. The molecule has 6 nitrogen and oxygen atoms in total. The monoisotopic (exact) mass is 331 g/mol. The number of carbonyl (C=O) groups is 1. The number of hydrogen-bond donors (Lipinski definition) is 1. The van der Waals surface area contributed by atoms with Crippen molar-refractivity contribution in [2.24, 2.45) is 0 Å². The molecule has 0 saturated carbocycles. The molecule has 0 radical (unpaired) electrons. The van der Waals surface area contributed by atoms with Gasteiger partial charge in [-0.15, -0.1) is 0 Å². The number of nitro groups is 1. The van der Waals surface area contributed by atoms with E-state index >= 15 is 0 Å². The predicted octanol–water partition coefficient (Wildman–Crippen LogP) is 2.73. The van der Waals surface area contributed by atoms with E-state index in [2.05, 4.69) is 5.32 Å². The van der Waals surface area contributed by atoms with Crippen molar-refractivity contribution in [1.29, 1.82) is 0 Å². The molecular weight excluding hydrogens is 313 g/mol. The van der Waals surface area contributed by atoms with Crippen molar-refractivity contribution in [3.63, 3.8) is 0 Å². The highest BCUT2D eigenvalue weighted by molar-refractivity contribution is 5.98. The molecule has 0 spiro atoms. The first-order valence-electron chi connectivity index (χ1n) is 7.32. The van der Waals surface area contributed by atoms with E-state index in [1.54, 1.807) is 0 Å². The largest absolute Gasteiger partial charge is 0.348 e. The van der Waals surface area contributed by atoms with E-state index < -0.39 is 22.3 Å². The molecule has 2 aromatic carbocycles. The zero-order valence-corrected chi connectivity index (χ0v) is 13.5. The second-order valence-corrected chi connectivity index (χ2v) is 5.61. The standard InChI is InChI=1S/C17H18FN3O3/c1-20(2)11-13-6-4-3-5-12(13)10-19-17(22)15-8-7-14(18)9-16(15)21(23)24/h3-9H,10-11H2,1-2H3,(H,19,22). The summed E-state index contributed by atoms with van der Waals surface area (Å²) < 4.78 is 13.2. The molecule has 0 fully saturated rings. The maximum Gasteiger partial charge on any atom is 0.285 e. The molecule has 2 aromatic rings. The maximum absolute atomic E-state index is 13.2. The number of hydrogen-bond acceptors (Lipinski definition) is 4. The first-order valence-corrected chi connectivity index (χ1v) is 7.32. The Morgan fingerprint density at radius 2 is 1.88 bits per heavy atom. The van der Waals surface area contributed by atoms with E-state index in [1.165, 1.54) is 0 Å². The van der Waals surface area contributed by atoms with Crippen LogP contribution in [0.25, 0.3) is 0 Å². The third-order valence-corrected chi connectivity index (χ3v) is 3.45. The Hall–Kier alpha value is -2.80. The fourth-order valence-electron chi connectivity index (χ4n) is 2.34. The van der Waals surface area contributed by atoms with Crippen molar-refractivity contribution in [2.75, 3.05) is 14.1 Å². The third kappa shape index (κ3) is 4.36. The highest BCUT2D eigenvalue weighted by atomic mass is 19.1. The summed E-state index contributed by atoms with van der Waals surface area (Å²) in [6, 6.07) is 10.5. The topological polar surface area (TPSA) is 75.5 Å². The number of carbonyl (C=O) groups excluding carboxylic acids is 1. The summed E-state index contributed by atoms with van der Waals surface area (Å²) in [6.07, 6.45) is 0. The molecule has 0 aliphatic carbocycles. The number of amides is 1. The van der Waals surface area contributed by atoms with Crippen molar-refractivity contribution >= 4 is 11.6 Å². The summed E-state index contributed by atoms with van der Waals surface area (Å²) in [7, 11) is 3.88. The van der Waals surface area contributed by atoms with Gasteiger partial charge in [0.15, 0.2) is 0 Å². The number of nitrogens with zero attached hydrogens (tertiary/aromatic N) is 2. The van der Waals surface area contributed by atoms with E-state index in [-0.39, 0.29) is 12.1 Å². The molecule has 126 valence electrons. The van der Waals surface area contributed by atoms with Gasteiger partial charge in [-0.2, -0.15) is 0 Å². The maximum atomic E-state index is 13.2. The Balaban J connectivity index is 2.16. The SMILES string of the molecule is CN(C)Cc1ccccc1CNC(=O)c1ccc(F)cc1[N+](=O)[O-]. The minimum atomic E-state index is -0.766. The summed E-state index contributed by atoms with van der Waals surface area (Å²) in [6.45, 7) is 0.945. The molecule has 1 amide bonds. The summed E-state index contributed by atoms with van der Waals surface area (Å²) in [5.41, 5.74) is 1.27. The van der Waals surface area contributed by atoms with Crippen LogP contribution in [-0.4, -0.2) is 29.8 Å². The Morgan fingerprint density at radius 3 is 2.50 bits per heavy atom. The van der Waals surface area contributed by atoms with Crippen LogP contribution in [0.15, 0.2) is 42.5 Å². The van der Waals surface area contributed by atoms with Gasteiger partial charge in [-0.1, -0.05) is 24.3 Å². The Bertz CT molecular complexity index is 762. The smallest absolute Gasteiger partial charge is 0.285 e. The van der Waals surface area contributed by atoms with E-state index in [0.717, 1.165) is 29.3 Å². The molecule has 24 heavy (non-hydrogen) atoms. The van der Waals surface area contributed by atoms with Gasteiger partial charge < -0.3 is 10.2 Å². The Kier molecular flexibility index (Phi) is 5.59. The molecule has 0 aliphatic heterocycles. The van der Waals surface area contributed by atoms with Gasteiger partial charge >= 0.3 is 0 Å². The lowest BCUT2D eigenvalue weighted by Crippen LogP contribution is -2.25. The zero-order valence-electron chi connectivity index (χ0n) is 13.5. The van der Waals surface area contributed by atoms with Gasteiger partial charge in [0.05, 0.1) is 11.0 Å². The molecular formula is C17H18FN3O3. The van der Waals surface area contributed by atoms with Crippen LogP contribution in [-0.2, 0) is 13.1 Å². The van der Waals surface area contributed by atoms with Gasteiger partial charge in [0.1, 0.15) is 11.4 Å². The Labute approximate surface area is 139 Å². The average molecular weight is 331 g/mol. The molecule has 1 N–H and O–H groups in total. The van der Waals surface area contributed by atoms with E-state index in [1.807, 2.05) is 43.3 Å². The molecule has 0 heterocycles. The van der Waals surface area contributed by atoms with E-state index in [9.17, 15) is 19.3 Å². The zero-order chi connectivity index (χ0) is 17.7. The molecule has 0 aliphatic rings. The van der Waals surface area contributed by atoms with Crippen LogP contribution >= 0.6 is 0 Å². The van der Waals surface area contributed by atoms with Crippen LogP contribution in [0, 0.1) is 15.9 Å². The molecule has 0 saturated heterocycles. The van der Waals surface area contributed by atoms with Crippen LogP contribution in [0.2, 0.25) is 0 Å². The minimum absolute atomic E-state index is 0.161. The van der Waals surface area contributed by atoms with Crippen LogP contribution in [0.4, 0.5) is 10.1 Å². The van der Waals surface area contributed by atoms with E-state index in [4.69, 9.17) is 0 Å². The van der Waals surface area contributed by atoms with Gasteiger partial charge in [-0.3, -0.25) is 14.9 Å². The van der Waals surface area contributed by atoms with Gasteiger partial charge in [0.2, 0.25) is 0 Å². The molecule has 0 unspecified atom stereocenters. The second-order valence-electron chi connectivity index (χ2n) is 5.61. The lowest BCUT2D eigenvalue weighted by Gasteiger charge is -2.14.